The minimum Gasteiger partial charge on any atom is -0.309 e. The quantitative estimate of drug-likeness (QED) is 0.800. The van der Waals surface area contributed by atoms with E-state index in [9.17, 15) is 0 Å². The fourth-order valence-electron chi connectivity index (χ4n) is 1.81. The van der Waals surface area contributed by atoms with Crippen LogP contribution in [0.25, 0.3) is 0 Å². The highest BCUT2D eigenvalue weighted by Crippen LogP contribution is 2.25. The zero-order chi connectivity index (χ0) is 9.80. The summed E-state index contributed by atoms with van der Waals surface area (Å²) in [6.45, 7) is 3.25. The Hall–Kier alpha value is -0.480. The zero-order valence-corrected chi connectivity index (χ0v) is 9.31. The molecule has 4 heteroatoms. The molecule has 1 aliphatic heterocycles. The number of thioether (sulfide) groups is 1. The van der Waals surface area contributed by atoms with Crippen molar-refractivity contribution in [1.29, 1.82) is 0 Å². The van der Waals surface area contributed by atoms with E-state index in [4.69, 9.17) is 0 Å². The molecule has 3 nitrogen and oxygen atoms in total. The highest BCUT2D eigenvalue weighted by atomic mass is 32.2. The van der Waals surface area contributed by atoms with E-state index in [-0.39, 0.29) is 0 Å². The molecule has 0 spiro atoms. The lowest BCUT2D eigenvalue weighted by atomic mass is 10.1. The standard InChI is InChI=1S/C10H17N3S/c1-8-10(3-2-4-14-8)11-5-9-6-12-13-7-9/h6-8,10-11H,2-5H2,1H3,(H,12,13). The van der Waals surface area contributed by atoms with E-state index in [1.165, 1.54) is 24.2 Å². The number of aromatic nitrogens is 2. The van der Waals surface area contributed by atoms with Crippen molar-refractivity contribution in [3.8, 4) is 0 Å². The maximum atomic E-state index is 3.93. The maximum Gasteiger partial charge on any atom is 0.0532 e. The second kappa shape index (κ2) is 4.84. The molecule has 2 heterocycles. The predicted octanol–water partition coefficient (Wildman–Crippen LogP) is 1.78. The molecular formula is C10H17N3S. The topological polar surface area (TPSA) is 40.7 Å². The average molecular weight is 211 g/mol. The molecule has 0 saturated carbocycles. The fourth-order valence-corrected chi connectivity index (χ4v) is 2.98. The number of hydrogen-bond donors (Lipinski definition) is 2. The van der Waals surface area contributed by atoms with Gasteiger partial charge in [0.25, 0.3) is 0 Å². The molecule has 1 fully saturated rings. The van der Waals surface area contributed by atoms with Crippen LogP contribution >= 0.6 is 11.8 Å². The molecule has 78 valence electrons. The summed E-state index contributed by atoms with van der Waals surface area (Å²) >= 11 is 2.08. The molecule has 2 rings (SSSR count). The minimum atomic E-state index is 0.670. The molecule has 1 aromatic rings. The molecule has 14 heavy (non-hydrogen) atoms. The van der Waals surface area contributed by atoms with E-state index in [2.05, 4.69) is 34.2 Å². The summed E-state index contributed by atoms with van der Waals surface area (Å²) in [6.07, 6.45) is 6.49. The van der Waals surface area contributed by atoms with Crippen LogP contribution in [0.4, 0.5) is 0 Å². The first-order chi connectivity index (χ1) is 6.86. The summed E-state index contributed by atoms with van der Waals surface area (Å²) in [5, 5.41) is 11.1. The molecule has 2 unspecified atom stereocenters. The first-order valence-electron chi connectivity index (χ1n) is 5.19. The fraction of sp³-hybridized carbons (Fsp3) is 0.700. The predicted molar refractivity (Wildman–Crippen MR) is 60.4 cm³/mol. The third-order valence-electron chi connectivity index (χ3n) is 2.73. The van der Waals surface area contributed by atoms with Crippen LogP contribution in [0, 0.1) is 0 Å². The van der Waals surface area contributed by atoms with Crippen LogP contribution in [0.2, 0.25) is 0 Å². The lowest BCUT2D eigenvalue weighted by Crippen LogP contribution is -2.38. The summed E-state index contributed by atoms with van der Waals surface area (Å²) in [7, 11) is 0. The van der Waals surface area contributed by atoms with Crippen molar-refractivity contribution in [2.24, 2.45) is 0 Å². The van der Waals surface area contributed by atoms with Gasteiger partial charge in [0.2, 0.25) is 0 Å². The highest BCUT2D eigenvalue weighted by Gasteiger charge is 2.20. The first-order valence-corrected chi connectivity index (χ1v) is 6.24. The van der Waals surface area contributed by atoms with Crippen LogP contribution in [0.15, 0.2) is 12.4 Å². The van der Waals surface area contributed by atoms with Gasteiger partial charge in [-0.2, -0.15) is 16.9 Å². The average Bonchev–Trinajstić information content (AvgIpc) is 2.69. The van der Waals surface area contributed by atoms with E-state index >= 15 is 0 Å². The highest BCUT2D eigenvalue weighted by molar-refractivity contribution is 7.99. The Morgan fingerprint density at radius 3 is 3.36 bits per heavy atom. The number of nitrogens with zero attached hydrogens (tertiary/aromatic N) is 1. The second-order valence-corrected chi connectivity index (χ2v) is 5.30. The summed E-state index contributed by atoms with van der Waals surface area (Å²) in [5.74, 6) is 1.32. The van der Waals surface area contributed by atoms with Crippen molar-refractivity contribution >= 4 is 11.8 Å². The Morgan fingerprint density at radius 2 is 2.64 bits per heavy atom. The Labute approximate surface area is 89.1 Å². The molecule has 0 amide bonds. The number of aromatic amines is 1. The van der Waals surface area contributed by atoms with Crippen LogP contribution in [-0.2, 0) is 6.54 Å². The summed E-state index contributed by atoms with van der Waals surface area (Å²) in [5.41, 5.74) is 1.24. The van der Waals surface area contributed by atoms with Crippen LogP contribution in [-0.4, -0.2) is 27.2 Å². The number of rotatable bonds is 3. The van der Waals surface area contributed by atoms with E-state index in [1.54, 1.807) is 0 Å². The van der Waals surface area contributed by atoms with Gasteiger partial charge in [0.05, 0.1) is 6.20 Å². The van der Waals surface area contributed by atoms with Crippen LogP contribution < -0.4 is 5.32 Å². The number of hydrogen-bond acceptors (Lipinski definition) is 3. The number of nitrogens with one attached hydrogen (secondary N) is 2. The Morgan fingerprint density at radius 1 is 1.71 bits per heavy atom. The lowest BCUT2D eigenvalue weighted by molar-refractivity contribution is 0.462. The molecular weight excluding hydrogens is 194 g/mol. The third-order valence-corrected chi connectivity index (χ3v) is 4.11. The van der Waals surface area contributed by atoms with Crippen molar-refractivity contribution in [1.82, 2.24) is 15.5 Å². The summed E-state index contributed by atoms with van der Waals surface area (Å²) in [4.78, 5) is 0. The van der Waals surface area contributed by atoms with Crippen molar-refractivity contribution < 1.29 is 0 Å². The van der Waals surface area contributed by atoms with Gasteiger partial charge < -0.3 is 5.32 Å². The van der Waals surface area contributed by atoms with Crippen LogP contribution in [0.1, 0.15) is 25.3 Å². The zero-order valence-electron chi connectivity index (χ0n) is 8.49. The molecule has 0 aliphatic carbocycles. The van der Waals surface area contributed by atoms with Gasteiger partial charge in [0.15, 0.2) is 0 Å². The molecule has 2 atom stereocenters. The second-order valence-electron chi connectivity index (χ2n) is 3.81. The molecule has 2 N–H and O–H groups in total. The summed E-state index contributed by atoms with van der Waals surface area (Å²) in [6, 6.07) is 0.670. The van der Waals surface area contributed by atoms with Crippen molar-refractivity contribution in [2.45, 2.75) is 37.6 Å². The Kier molecular flexibility index (Phi) is 3.48. The van der Waals surface area contributed by atoms with Crippen LogP contribution in [0.3, 0.4) is 0 Å². The smallest absolute Gasteiger partial charge is 0.0532 e. The van der Waals surface area contributed by atoms with Gasteiger partial charge in [-0.25, -0.2) is 0 Å². The third kappa shape index (κ3) is 2.51. The SMILES string of the molecule is CC1SCCCC1NCc1cn[nH]c1. The molecule has 0 radical (unpaired) electrons. The molecule has 0 bridgehead atoms. The molecule has 0 aromatic carbocycles. The normalized spacial score (nSPS) is 27.8. The van der Waals surface area contributed by atoms with Crippen molar-refractivity contribution in [3.05, 3.63) is 18.0 Å². The summed E-state index contributed by atoms with van der Waals surface area (Å²) < 4.78 is 0. The Balaban J connectivity index is 1.79. The van der Waals surface area contributed by atoms with Crippen LogP contribution in [0.5, 0.6) is 0 Å². The van der Waals surface area contributed by atoms with E-state index in [1.807, 2.05) is 12.4 Å². The van der Waals surface area contributed by atoms with Crippen molar-refractivity contribution in [3.63, 3.8) is 0 Å². The maximum absolute atomic E-state index is 3.93. The van der Waals surface area contributed by atoms with Gasteiger partial charge >= 0.3 is 0 Å². The largest absolute Gasteiger partial charge is 0.309 e. The van der Waals surface area contributed by atoms with Gasteiger partial charge in [0.1, 0.15) is 0 Å². The van der Waals surface area contributed by atoms with Gasteiger partial charge in [0, 0.05) is 29.6 Å². The van der Waals surface area contributed by atoms with E-state index in [0.29, 0.717) is 6.04 Å². The molecule has 1 aromatic heterocycles. The van der Waals surface area contributed by atoms with E-state index < -0.39 is 0 Å². The van der Waals surface area contributed by atoms with Gasteiger partial charge in [-0.15, -0.1) is 0 Å². The van der Waals surface area contributed by atoms with Crippen molar-refractivity contribution in [2.75, 3.05) is 5.75 Å². The minimum absolute atomic E-state index is 0.670. The van der Waals surface area contributed by atoms with E-state index in [0.717, 1.165) is 11.8 Å². The molecule has 1 saturated heterocycles. The van der Waals surface area contributed by atoms with Gasteiger partial charge in [-0.1, -0.05) is 6.92 Å². The lowest BCUT2D eigenvalue weighted by Gasteiger charge is -2.29. The number of H-pyrrole nitrogens is 1. The van der Waals surface area contributed by atoms with Gasteiger partial charge in [-0.05, 0) is 18.6 Å². The van der Waals surface area contributed by atoms with Gasteiger partial charge in [-0.3, -0.25) is 5.10 Å². The first kappa shape index (κ1) is 10.1. The molecule has 1 aliphatic rings. The monoisotopic (exact) mass is 211 g/mol. The Bertz CT molecular complexity index is 260.